The first-order chi connectivity index (χ1) is 13.5. The van der Waals surface area contributed by atoms with E-state index in [1.165, 1.54) is 12.1 Å². The number of fused-ring (bicyclic) bond motifs is 1. The van der Waals surface area contributed by atoms with E-state index < -0.39 is 25.8 Å². The van der Waals surface area contributed by atoms with Crippen molar-refractivity contribution in [1.82, 2.24) is 14.3 Å². The fourth-order valence-electron chi connectivity index (χ4n) is 2.74. The van der Waals surface area contributed by atoms with Crippen molar-refractivity contribution < 1.29 is 16.8 Å². The Morgan fingerprint density at radius 3 is 2.34 bits per heavy atom. The largest absolute Gasteiger partial charge is 0.283 e. The van der Waals surface area contributed by atoms with Crippen LogP contribution in [-0.2, 0) is 25.5 Å². The molecule has 0 amide bonds. The Morgan fingerprint density at radius 2 is 1.69 bits per heavy atom. The van der Waals surface area contributed by atoms with E-state index in [9.17, 15) is 16.8 Å². The Bertz CT molecular complexity index is 1210. The molecule has 1 aromatic carbocycles. The molecule has 0 aliphatic carbocycles. The normalized spacial score (nSPS) is 12.9. The van der Waals surface area contributed by atoms with Crippen molar-refractivity contribution in [2.24, 2.45) is 0 Å². The zero-order valence-corrected chi connectivity index (χ0v) is 18.1. The van der Waals surface area contributed by atoms with Gasteiger partial charge in [-0.2, -0.15) is 5.10 Å². The summed E-state index contributed by atoms with van der Waals surface area (Å²) < 4.78 is 55.8. The van der Waals surface area contributed by atoms with Gasteiger partial charge in [-0.1, -0.05) is 32.9 Å². The fourth-order valence-corrected chi connectivity index (χ4v) is 4.86. The van der Waals surface area contributed by atoms with Gasteiger partial charge >= 0.3 is 0 Å². The summed E-state index contributed by atoms with van der Waals surface area (Å²) in [6.45, 7) is 5.87. The van der Waals surface area contributed by atoms with E-state index in [1.54, 1.807) is 47.2 Å². The van der Waals surface area contributed by atoms with Gasteiger partial charge in [0.15, 0.2) is 0 Å². The van der Waals surface area contributed by atoms with Crippen LogP contribution in [0.5, 0.6) is 0 Å². The first-order valence-corrected chi connectivity index (χ1v) is 12.1. The molecule has 0 aliphatic heterocycles. The van der Waals surface area contributed by atoms with E-state index in [4.69, 9.17) is 0 Å². The minimum absolute atomic E-state index is 0.0879. The first-order valence-electron chi connectivity index (χ1n) is 9.00. The Morgan fingerprint density at radius 1 is 1.00 bits per heavy atom. The van der Waals surface area contributed by atoms with Crippen molar-refractivity contribution in [2.45, 2.75) is 31.1 Å². The topological polar surface area (TPSA) is 110 Å². The van der Waals surface area contributed by atoms with Crippen LogP contribution in [-0.4, -0.2) is 38.7 Å². The number of nitrogens with one attached hydrogen (secondary N) is 2. The summed E-state index contributed by atoms with van der Waals surface area (Å²) in [5.41, 5.74) is 2.05. The van der Waals surface area contributed by atoms with E-state index in [0.717, 1.165) is 11.1 Å². The molecule has 0 fully saturated rings. The maximum Gasteiger partial charge on any atom is 0.240 e. The van der Waals surface area contributed by atoms with Crippen molar-refractivity contribution in [2.75, 3.05) is 17.0 Å². The Balaban J connectivity index is 1.61. The van der Waals surface area contributed by atoms with Crippen molar-refractivity contribution in [1.29, 1.82) is 0 Å². The van der Waals surface area contributed by atoms with Gasteiger partial charge in [0.05, 0.1) is 21.9 Å². The molecule has 29 heavy (non-hydrogen) atoms. The van der Waals surface area contributed by atoms with Crippen LogP contribution < -0.4 is 9.44 Å². The monoisotopic (exact) mass is 436 g/mol. The molecule has 0 saturated carbocycles. The van der Waals surface area contributed by atoms with Crippen LogP contribution in [0.15, 0.2) is 59.8 Å². The van der Waals surface area contributed by atoms with Crippen LogP contribution in [0.4, 0.5) is 5.69 Å². The highest BCUT2D eigenvalue weighted by molar-refractivity contribution is 7.92. The SMILES string of the molecule is CC(C)(C)c1ccc(S(=O)(=O)NCCS(=O)(=O)Nc2ccn3nccc3c2)cc1. The molecule has 0 bridgehead atoms. The van der Waals surface area contributed by atoms with Gasteiger partial charge in [0.25, 0.3) is 0 Å². The second-order valence-electron chi connectivity index (χ2n) is 7.71. The summed E-state index contributed by atoms with van der Waals surface area (Å²) in [5.74, 6) is -0.392. The molecule has 0 spiro atoms. The molecule has 10 heteroatoms. The molecule has 0 saturated heterocycles. The second kappa shape index (κ2) is 7.77. The average molecular weight is 437 g/mol. The molecule has 0 radical (unpaired) electrons. The number of aromatic nitrogens is 2. The van der Waals surface area contributed by atoms with Gasteiger partial charge in [-0.15, -0.1) is 0 Å². The number of anilines is 1. The van der Waals surface area contributed by atoms with Gasteiger partial charge in [0.2, 0.25) is 20.0 Å². The summed E-state index contributed by atoms with van der Waals surface area (Å²) >= 11 is 0. The molecule has 3 rings (SSSR count). The Kier molecular flexibility index (Phi) is 5.70. The van der Waals surface area contributed by atoms with Crippen molar-refractivity contribution in [3.63, 3.8) is 0 Å². The van der Waals surface area contributed by atoms with Gasteiger partial charge in [-0.05, 0) is 41.3 Å². The highest BCUT2D eigenvalue weighted by atomic mass is 32.2. The van der Waals surface area contributed by atoms with E-state index in [2.05, 4.69) is 14.5 Å². The molecule has 3 aromatic rings. The third kappa shape index (κ3) is 5.34. The predicted molar refractivity (Wildman–Crippen MR) is 113 cm³/mol. The van der Waals surface area contributed by atoms with Crippen LogP contribution >= 0.6 is 0 Å². The standard InChI is InChI=1S/C19H24N4O4S2/c1-19(2,3)15-4-6-18(7-5-15)29(26,27)21-11-13-28(24,25)22-16-9-12-23-17(14-16)8-10-20-23/h4-10,12,14,21-22H,11,13H2,1-3H3. The van der Waals surface area contributed by atoms with Gasteiger partial charge in [0, 0.05) is 18.9 Å². The quantitative estimate of drug-likeness (QED) is 0.591. The molecule has 2 heterocycles. The van der Waals surface area contributed by atoms with E-state index in [1.807, 2.05) is 20.8 Å². The molecule has 2 N–H and O–H groups in total. The van der Waals surface area contributed by atoms with Crippen LogP contribution in [0.1, 0.15) is 26.3 Å². The van der Waals surface area contributed by atoms with Crippen molar-refractivity contribution in [3.8, 4) is 0 Å². The van der Waals surface area contributed by atoms with Gasteiger partial charge in [-0.25, -0.2) is 26.1 Å². The minimum Gasteiger partial charge on any atom is -0.283 e. The molecule has 2 aromatic heterocycles. The molecule has 0 atom stereocenters. The summed E-state index contributed by atoms with van der Waals surface area (Å²) in [6, 6.07) is 11.5. The van der Waals surface area contributed by atoms with Gasteiger partial charge < -0.3 is 0 Å². The van der Waals surface area contributed by atoms with E-state index in [0.29, 0.717) is 5.69 Å². The lowest BCUT2D eigenvalue weighted by molar-refractivity contribution is 0.578. The number of hydrogen-bond donors (Lipinski definition) is 2. The van der Waals surface area contributed by atoms with Crippen LogP contribution in [0, 0.1) is 0 Å². The molecule has 0 unspecified atom stereocenters. The van der Waals surface area contributed by atoms with Crippen molar-refractivity contribution in [3.05, 3.63) is 60.4 Å². The summed E-state index contributed by atoms with van der Waals surface area (Å²) in [5, 5.41) is 4.04. The Hall–Kier alpha value is -2.43. The van der Waals surface area contributed by atoms with Crippen LogP contribution in [0.3, 0.4) is 0 Å². The lowest BCUT2D eigenvalue weighted by Gasteiger charge is -2.19. The molecule has 156 valence electrons. The molecular formula is C19H24N4O4S2. The number of rotatable bonds is 7. The fraction of sp³-hybridized carbons (Fsp3) is 0.316. The Labute approximate surface area is 171 Å². The lowest BCUT2D eigenvalue weighted by atomic mass is 9.87. The summed E-state index contributed by atoms with van der Waals surface area (Å²) in [6.07, 6.45) is 3.24. The van der Waals surface area contributed by atoms with Gasteiger partial charge in [-0.3, -0.25) is 4.72 Å². The zero-order chi connectivity index (χ0) is 21.3. The predicted octanol–water partition coefficient (Wildman–Crippen LogP) is 2.35. The maximum atomic E-state index is 12.4. The highest BCUT2D eigenvalue weighted by Crippen LogP contribution is 2.23. The third-order valence-electron chi connectivity index (χ3n) is 4.37. The first kappa shape index (κ1) is 21.3. The zero-order valence-electron chi connectivity index (χ0n) is 16.5. The second-order valence-corrected chi connectivity index (χ2v) is 11.3. The minimum atomic E-state index is -3.79. The average Bonchev–Trinajstić information content (AvgIpc) is 3.08. The van der Waals surface area contributed by atoms with Crippen LogP contribution in [0.2, 0.25) is 0 Å². The number of pyridine rings is 1. The number of sulfonamides is 2. The number of nitrogens with zero attached hydrogens (tertiary/aromatic N) is 2. The van der Waals surface area contributed by atoms with Crippen LogP contribution in [0.25, 0.3) is 5.52 Å². The van der Waals surface area contributed by atoms with Crippen molar-refractivity contribution >= 4 is 31.3 Å². The van der Waals surface area contributed by atoms with E-state index in [-0.39, 0.29) is 16.9 Å². The molecule has 8 nitrogen and oxygen atoms in total. The summed E-state index contributed by atoms with van der Waals surface area (Å²) in [4.78, 5) is 0.0991. The number of benzene rings is 1. The summed E-state index contributed by atoms with van der Waals surface area (Å²) in [7, 11) is -7.52. The third-order valence-corrected chi connectivity index (χ3v) is 7.13. The number of hydrogen-bond acceptors (Lipinski definition) is 5. The lowest BCUT2D eigenvalue weighted by Crippen LogP contribution is -2.31. The van der Waals surface area contributed by atoms with Gasteiger partial charge in [0.1, 0.15) is 0 Å². The molecule has 0 aliphatic rings. The van der Waals surface area contributed by atoms with E-state index >= 15 is 0 Å². The molecular weight excluding hydrogens is 412 g/mol. The maximum absolute atomic E-state index is 12.4. The smallest absolute Gasteiger partial charge is 0.240 e. The highest BCUT2D eigenvalue weighted by Gasteiger charge is 2.19.